The van der Waals surface area contributed by atoms with Crippen molar-refractivity contribution in [3.8, 4) is 11.5 Å². The molecule has 216 valence electrons. The highest BCUT2D eigenvalue weighted by atomic mass is 35.5. The molecule has 0 unspecified atom stereocenters. The molecule has 1 saturated heterocycles. The van der Waals surface area contributed by atoms with Crippen molar-refractivity contribution in [3.63, 3.8) is 0 Å². The molecule has 0 bridgehead atoms. The topological polar surface area (TPSA) is 65.8 Å². The fourth-order valence-corrected chi connectivity index (χ4v) is 5.29. The van der Waals surface area contributed by atoms with E-state index in [-0.39, 0.29) is 6.09 Å². The molecule has 41 heavy (non-hydrogen) atoms. The number of rotatable bonds is 9. The second kappa shape index (κ2) is 12.9. The van der Waals surface area contributed by atoms with Crippen molar-refractivity contribution in [3.05, 3.63) is 89.2 Å². The summed E-state index contributed by atoms with van der Waals surface area (Å²) in [6.45, 7) is 8.68. The molecule has 1 atom stereocenters. The summed E-state index contributed by atoms with van der Waals surface area (Å²) in [7, 11) is 0. The highest BCUT2D eigenvalue weighted by Crippen LogP contribution is 2.30. The minimum absolute atomic E-state index is 0.229. The van der Waals surface area contributed by atoms with Crippen molar-refractivity contribution in [1.82, 2.24) is 14.5 Å². The van der Waals surface area contributed by atoms with Gasteiger partial charge in [-0.05, 0) is 87.9 Å². The van der Waals surface area contributed by atoms with Crippen LogP contribution in [0.15, 0.2) is 72.8 Å². The Morgan fingerprint density at radius 1 is 0.976 bits per heavy atom. The normalized spacial score (nSPS) is 15.6. The Bertz CT molecular complexity index is 1450. The maximum Gasteiger partial charge on any atom is 0.410 e. The number of carbonyl (C=O) groups is 1. The molecule has 0 aliphatic carbocycles. The molecule has 7 nitrogen and oxygen atoms in total. The number of para-hydroxylation sites is 1. The lowest BCUT2D eigenvalue weighted by atomic mass is 9.95. The number of hydrogen-bond acceptors (Lipinski definition) is 5. The molecule has 1 fully saturated rings. The van der Waals surface area contributed by atoms with E-state index >= 15 is 0 Å². The van der Waals surface area contributed by atoms with Crippen LogP contribution in [0, 0.1) is 5.92 Å². The number of fused-ring (bicyclic) bond motifs is 1. The Morgan fingerprint density at radius 3 is 2.51 bits per heavy atom. The molecule has 2 heterocycles. The van der Waals surface area contributed by atoms with Gasteiger partial charge in [-0.25, -0.2) is 9.78 Å². The van der Waals surface area contributed by atoms with Crippen LogP contribution in [0.3, 0.4) is 0 Å². The summed E-state index contributed by atoms with van der Waals surface area (Å²) >= 11 is 6.06. The monoisotopic (exact) mass is 575 g/mol. The van der Waals surface area contributed by atoms with Crippen LogP contribution in [0.1, 0.15) is 51.4 Å². The molecule has 0 spiro atoms. The van der Waals surface area contributed by atoms with Gasteiger partial charge in [0.2, 0.25) is 0 Å². The maximum atomic E-state index is 12.7. The fraction of sp³-hybridized carbons (Fsp3) is 0.394. The summed E-state index contributed by atoms with van der Waals surface area (Å²) in [6.07, 6.45) is 2.73. The number of aromatic nitrogens is 2. The number of ether oxygens (including phenoxy) is 3. The van der Waals surface area contributed by atoms with Crippen LogP contribution in [0.5, 0.6) is 11.5 Å². The van der Waals surface area contributed by atoms with Crippen LogP contribution in [0.4, 0.5) is 4.79 Å². The summed E-state index contributed by atoms with van der Waals surface area (Å²) in [5.41, 5.74) is 2.42. The average molecular weight is 576 g/mol. The molecule has 1 amide bonds. The standard InChI is InChI=1S/C33H38ClN3O4/c1-33(2,3)41-32(38)36-19-8-11-24(21-36)18-20-37-28-12-7-13-29(40-22-25-9-5-4-6-10-25)31(28)35-30(37)23-39-27-16-14-26(34)15-17-27/h4-7,9-10,12-17,24H,8,11,18-23H2,1-3H3/t24-/m1/s1. The number of benzene rings is 3. The van der Waals surface area contributed by atoms with E-state index in [1.807, 2.05) is 80.3 Å². The van der Waals surface area contributed by atoms with Crippen LogP contribution >= 0.6 is 11.6 Å². The van der Waals surface area contributed by atoms with Gasteiger partial charge in [-0.15, -0.1) is 0 Å². The minimum atomic E-state index is -0.501. The summed E-state index contributed by atoms with van der Waals surface area (Å²) in [6, 6.07) is 23.5. The third kappa shape index (κ3) is 7.73. The highest BCUT2D eigenvalue weighted by Gasteiger charge is 2.28. The third-order valence-electron chi connectivity index (χ3n) is 7.17. The first kappa shape index (κ1) is 28.8. The number of halogens is 1. The summed E-state index contributed by atoms with van der Waals surface area (Å²) in [5, 5.41) is 0.665. The molecule has 0 saturated carbocycles. The number of nitrogens with zero attached hydrogens (tertiary/aromatic N) is 3. The molecule has 8 heteroatoms. The van der Waals surface area contributed by atoms with Crippen molar-refractivity contribution in [2.45, 2.75) is 65.4 Å². The molecule has 0 N–H and O–H groups in total. The van der Waals surface area contributed by atoms with Gasteiger partial charge in [0.15, 0.2) is 0 Å². The van der Waals surface area contributed by atoms with Crippen LogP contribution in [0.2, 0.25) is 5.02 Å². The Hall–Kier alpha value is -3.71. The van der Waals surface area contributed by atoms with E-state index < -0.39 is 5.60 Å². The Kier molecular flexibility index (Phi) is 9.03. The van der Waals surface area contributed by atoms with E-state index in [0.717, 1.165) is 66.3 Å². The van der Waals surface area contributed by atoms with E-state index in [1.165, 1.54) is 0 Å². The number of imidazole rings is 1. The number of hydrogen-bond donors (Lipinski definition) is 0. The zero-order valence-electron chi connectivity index (χ0n) is 24.0. The second-order valence-corrected chi connectivity index (χ2v) is 12.0. The predicted octanol–water partition coefficient (Wildman–Crippen LogP) is 7.88. The van der Waals surface area contributed by atoms with E-state index in [2.05, 4.69) is 22.8 Å². The number of carbonyl (C=O) groups excluding carboxylic acids is 1. The van der Waals surface area contributed by atoms with Crippen molar-refractivity contribution in [1.29, 1.82) is 0 Å². The van der Waals surface area contributed by atoms with Crippen molar-refractivity contribution in [2.24, 2.45) is 5.92 Å². The Morgan fingerprint density at radius 2 is 1.76 bits per heavy atom. The Labute approximate surface area is 247 Å². The smallest absolute Gasteiger partial charge is 0.410 e. The summed E-state index contributed by atoms with van der Waals surface area (Å²) in [5.74, 6) is 2.67. The van der Waals surface area contributed by atoms with E-state index in [1.54, 1.807) is 0 Å². The molecule has 5 rings (SSSR count). The molecule has 3 aromatic carbocycles. The van der Waals surface area contributed by atoms with Gasteiger partial charge in [0.05, 0.1) is 5.52 Å². The number of aryl methyl sites for hydroxylation is 1. The van der Waals surface area contributed by atoms with Gasteiger partial charge in [-0.3, -0.25) is 0 Å². The Balaban J connectivity index is 1.35. The largest absolute Gasteiger partial charge is 0.487 e. The van der Waals surface area contributed by atoms with Gasteiger partial charge in [0, 0.05) is 24.7 Å². The lowest BCUT2D eigenvalue weighted by Crippen LogP contribution is -2.43. The number of amides is 1. The van der Waals surface area contributed by atoms with Crippen LogP contribution < -0.4 is 9.47 Å². The van der Waals surface area contributed by atoms with Crippen LogP contribution in [-0.2, 0) is 24.5 Å². The molecule has 0 radical (unpaired) electrons. The number of piperidine rings is 1. The van der Waals surface area contributed by atoms with Crippen molar-refractivity contribution in [2.75, 3.05) is 13.1 Å². The zero-order valence-corrected chi connectivity index (χ0v) is 24.8. The highest BCUT2D eigenvalue weighted by molar-refractivity contribution is 6.30. The molecular formula is C33H38ClN3O4. The molecule has 1 aliphatic heterocycles. The summed E-state index contributed by atoms with van der Waals surface area (Å²) in [4.78, 5) is 19.6. The predicted molar refractivity (Wildman–Crippen MR) is 161 cm³/mol. The van der Waals surface area contributed by atoms with Gasteiger partial charge in [-0.1, -0.05) is 48.0 Å². The first-order valence-electron chi connectivity index (χ1n) is 14.3. The summed E-state index contributed by atoms with van der Waals surface area (Å²) < 4.78 is 20.2. The van der Waals surface area contributed by atoms with Gasteiger partial charge in [0.1, 0.15) is 41.7 Å². The van der Waals surface area contributed by atoms with Gasteiger partial charge < -0.3 is 23.7 Å². The molecule has 1 aromatic heterocycles. The van der Waals surface area contributed by atoms with E-state index in [9.17, 15) is 4.79 Å². The zero-order chi connectivity index (χ0) is 28.8. The van der Waals surface area contributed by atoms with Crippen LogP contribution in [0.25, 0.3) is 11.0 Å². The second-order valence-electron chi connectivity index (χ2n) is 11.5. The maximum absolute atomic E-state index is 12.7. The minimum Gasteiger partial charge on any atom is -0.487 e. The lowest BCUT2D eigenvalue weighted by Gasteiger charge is -2.34. The molecule has 1 aliphatic rings. The quantitative estimate of drug-likeness (QED) is 0.203. The first-order valence-corrected chi connectivity index (χ1v) is 14.6. The van der Waals surface area contributed by atoms with Gasteiger partial charge >= 0.3 is 6.09 Å². The number of likely N-dealkylation sites (tertiary alicyclic amines) is 1. The molecule has 4 aromatic rings. The molecular weight excluding hydrogens is 538 g/mol. The van der Waals surface area contributed by atoms with E-state index in [4.69, 9.17) is 30.8 Å². The van der Waals surface area contributed by atoms with E-state index in [0.29, 0.717) is 30.7 Å². The lowest BCUT2D eigenvalue weighted by molar-refractivity contribution is 0.0159. The fourth-order valence-electron chi connectivity index (χ4n) is 5.16. The van der Waals surface area contributed by atoms with Crippen LogP contribution in [-0.4, -0.2) is 39.2 Å². The van der Waals surface area contributed by atoms with Gasteiger partial charge in [-0.2, -0.15) is 0 Å². The SMILES string of the molecule is CC(C)(C)OC(=O)N1CCC[C@H](CCn2c(COc3ccc(Cl)cc3)nc3c(OCc4ccccc4)cccc32)C1. The first-order chi connectivity index (χ1) is 19.7. The van der Waals surface area contributed by atoms with Crippen molar-refractivity contribution >= 4 is 28.7 Å². The third-order valence-corrected chi connectivity index (χ3v) is 7.42. The van der Waals surface area contributed by atoms with Crippen molar-refractivity contribution < 1.29 is 19.0 Å². The average Bonchev–Trinajstić information content (AvgIpc) is 3.32. The van der Waals surface area contributed by atoms with Gasteiger partial charge in [0.25, 0.3) is 0 Å².